The second-order valence-corrected chi connectivity index (χ2v) is 7.54. The van der Waals surface area contributed by atoms with Crippen molar-refractivity contribution in [2.24, 2.45) is 0 Å². The number of carboxylic acids is 1. The molecule has 27 heavy (non-hydrogen) atoms. The van der Waals surface area contributed by atoms with E-state index in [1.165, 1.54) is 11.3 Å². The third kappa shape index (κ3) is 4.91. The first-order chi connectivity index (χ1) is 13.0. The van der Waals surface area contributed by atoms with Crippen LogP contribution in [0, 0.1) is 6.92 Å². The third-order valence-electron chi connectivity index (χ3n) is 5.64. The number of carbonyl (C=O) groups excluding carboxylic acids is 1. The maximum absolute atomic E-state index is 12.5. The number of hydrogen-bond acceptors (Lipinski definition) is 4. The molecule has 1 aliphatic heterocycles. The zero-order valence-corrected chi connectivity index (χ0v) is 16.2. The minimum Gasteiger partial charge on any atom is -0.480 e. The van der Waals surface area contributed by atoms with Crippen LogP contribution in [0.4, 0.5) is 10.5 Å². The first-order valence-corrected chi connectivity index (χ1v) is 9.79. The van der Waals surface area contributed by atoms with Crippen molar-refractivity contribution in [2.75, 3.05) is 44.2 Å². The maximum atomic E-state index is 12.5. The normalized spacial score (nSPS) is 22.5. The van der Waals surface area contributed by atoms with E-state index in [1.54, 1.807) is 0 Å². The number of carbonyl (C=O) groups is 2. The van der Waals surface area contributed by atoms with Gasteiger partial charge in [-0.3, -0.25) is 9.69 Å². The van der Waals surface area contributed by atoms with E-state index in [2.05, 4.69) is 41.4 Å². The summed E-state index contributed by atoms with van der Waals surface area (Å²) in [5, 5.41) is 12.1. The van der Waals surface area contributed by atoms with Crippen molar-refractivity contribution in [3.05, 3.63) is 29.8 Å². The standard InChI is InChI=1S/C20H30N4O3/c1-3-22(14-19(25)26)18-12-16(13-18)21-20(27)24-9-7-23(8-10-24)17-6-4-5-15(2)11-17/h4-6,11,16,18H,3,7-10,12-14H2,1-2H3,(H,21,27)(H,25,26). The fourth-order valence-corrected chi connectivity index (χ4v) is 3.93. The second kappa shape index (κ2) is 8.61. The number of benzene rings is 1. The number of likely N-dealkylation sites (N-methyl/N-ethyl adjacent to an activating group) is 1. The Morgan fingerprint density at radius 3 is 2.52 bits per heavy atom. The first-order valence-electron chi connectivity index (χ1n) is 9.79. The average molecular weight is 374 g/mol. The smallest absolute Gasteiger partial charge is 0.317 e. The Balaban J connectivity index is 1.41. The van der Waals surface area contributed by atoms with Crippen molar-refractivity contribution >= 4 is 17.7 Å². The molecule has 7 heteroatoms. The van der Waals surface area contributed by atoms with E-state index in [0.29, 0.717) is 0 Å². The Labute approximate surface area is 160 Å². The zero-order chi connectivity index (χ0) is 19.4. The van der Waals surface area contributed by atoms with Crippen LogP contribution in [-0.2, 0) is 4.79 Å². The summed E-state index contributed by atoms with van der Waals surface area (Å²) < 4.78 is 0. The van der Waals surface area contributed by atoms with Gasteiger partial charge in [0.15, 0.2) is 0 Å². The van der Waals surface area contributed by atoms with E-state index < -0.39 is 5.97 Å². The van der Waals surface area contributed by atoms with Crippen molar-refractivity contribution in [1.82, 2.24) is 15.1 Å². The molecule has 1 saturated carbocycles. The molecule has 1 aliphatic carbocycles. The molecule has 2 aliphatic rings. The number of piperazine rings is 1. The highest BCUT2D eigenvalue weighted by Crippen LogP contribution is 2.26. The number of aliphatic carboxylic acids is 1. The van der Waals surface area contributed by atoms with Gasteiger partial charge in [-0.05, 0) is 44.0 Å². The third-order valence-corrected chi connectivity index (χ3v) is 5.64. The first kappa shape index (κ1) is 19.5. The van der Waals surface area contributed by atoms with Crippen molar-refractivity contribution in [3.63, 3.8) is 0 Å². The van der Waals surface area contributed by atoms with E-state index in [-0.39, 0.29) is 24.7 Å². The lowest BCUT2D eigenvalue weighted by Gasteiger charge is -2.43. The van der Waals surface area contributed by atoms with Crippen LogP contribution in [0.1, 0.15) is 25.3 Å². The van der Waals surface area contributed by atoms with Gasteiger partial charge in [-0.1, -0.05) is 19.1 Å². The lowest BCUT2D eigenvalue weighted by Crippen LogP contribution is -2.59. The molecule has 0 unspecified atom stereocenters. The summed E-state index contributed by atoms with van der Waals surface area (Å²) in [6, 6.07) is 8.88. The Bertz CT molecular complexity index is 667. The van der Waals surface area contributed by atoms with Crippen molar-refractivity contribution in [2.45, 2.75) is 38.8 Å². The summed E-state index contributed by atoms with van der Waals surface area (Å²) in [4.78, 5) is 29.6. The predicted molar refractivity (Wildman–Crippen MR) is 105 cm³/mol. The highest BCUT2D eigenvalue weighted by molar-refractivity contribution is 5.75. The topological polar surface area (TPSA) is 76.1 Å². The molecular formula is C20H30N4O3. The number of aryl methyl sites for hydroxylation is 1. The summed E-state index contributed by atoms with van der Waals surface area (Å²) >= 11 is 0. The molecule has 7 nitrogen and oxygen atoms in total. The van der Waals surface area contributed by atoms with Crippen LogP contribution in [0.15, 0.2) is 24.3 Å². The molecule has 1 heterocycles. The van der Waals surface area contributed by atoms with Gasteiger partial charge in [-0.15, -0.1) is 0 Å². The van der Waals surface area contributed by atoms with Crippen LogP contribution < -0.4 is 10.2 Å². The Morgan fingerprint density at radius 1 is 1.22 bits per heavy atom. The number of carboxylic acid groups (broad SMARTS) is 1. The lowest BCUT2D eigenvalue weighted by atomic mass is 9.85. The summed E-state index contributed by atoms with van der Waals surface area (Å²) in [7, 11) is 0. The highest BCUT2D eigenvalue weighted by atomic mass is 16.4. The molecule has 3 rings (SSSR count). The Hall–Kier alpha value is -2.28. The molecule has 0 radical (unpaired) electrons. The van der Waals surface area contributed by atoms with Crippen molar-refractivity contribution in [3.8, 4) is 0 Å². The maximum Gasteiger partial charge on any atom is 0.317 e. The van der Waals surface area contributed by atoms with Crippen molar-refractivity contribution < 1.29 is 14.7 Å². The molecule has 2 N–H and O–H groups in total. The van der Waals surface area contributed by atoms with Crippen LogP contribution >= 0.6 is 0 Å². The molecule has 1 saturated heterocycles. The van der Waals surface area contributed by atoms with Gasteiger partial charge in [0.05, 0.1) is 6.54 Å². The predicted octanol–water partition coefficient (Wildman–Crippen LogP) is 1.76. The molecule has 2 amide bonds. The summed E-state index contributed by atoms with van der Waals surface area (Å²) in [5.41, 5.74) is 2.46. The Kier molecular flexibility index (Phi) is 6.21. The number of rotatable bonds is 6. The zero-order valence-electron chi connectivity index (χ0n) is 16.2. The monoisotopic (exact) mass is 374 g/mol. The van der Waals surface area contributed by atoms with Crippen LogP contribution in [0.5, 0.6) is 0 Å². The van der Waals surface area contributed by atoms with Gasteiger partial charge in [-0.2, -0.15) is 0 Å². The summed E-state index contributed by atoms with van der Waals surface area (Å²) in [6.45, 7) is 7.98. The SMILES string of the molecule is CCN(CC(=O)O)C1CC(NC(=O)N2CCN(c3cccc(C)c3)CC2)C1. The number of nitrogens with zero attached hydrogens (tertiary/aromatic N) is 3. The van der Waals surface area contributed by atoms with Crippen LogP contribution in [0.2, 0.25) is 0 Å². The van der Waals surface area contributed by atoms with Crippen LogP contribution in [-0.4, -0.2) is 78.3 Å². The van der Waals surface area contributed by atoms with E-state index in [1.807, 2.05) is 16.7 Å². The van der Waals surface area contributed by atoms with Crippen LogP contribution in [0.25, 0.3) is 0 Å². The number of nitrogens with one attached hydrogen (secondary N) is 1. The van der Waals surface area contributed by atoms with E-state index in [0.717, 1.165) is 45.6 Å². The van der Waals surface area contributed by atoms with Gasteiger partial charge in [0, 0.05) is 44.0 Å². The average Bonchev–Trinajstić information content (AvgIpc) is 2.62. The van der Waals surface area contributed by atoms with Gasteiger partial charge in [-0.25, -0.2) is 4.79 Å². The molecule has 0 atom stereocenters. The highest BCUT2D eigenvalue weighted by Gasteiger charge is 2.35. The molecule has 1 aromatic rings. The quantitative estimate of drug-likeness (QED) is 0.794. The lowest BCUT2D eigenvalue weighted by molar-refractivity contribution is -0.139. The minimum atomic E-state index is -0.796. The largest absolute Gasteiger partial charge is 0.480 e. The molecule has 0 bridgehead atoms. The van der Waals surface area contributed by atoms with Gasteiger partial charge in [0.2, 0.25) is 0 Å². The van der Waals surface area contributed by atoms with Gasteiger partial charge in [0.25, 0.3) is 0 Å². The number of hydrogen-bond donors (Lipinski definition) is 2. The van der Waals surface area contributed by atoms with Crippen LogP contribution in [0.3, 0.4) is 0 Å². The van der Waals surface area contributed by atoms with E-state index >= 15 is 0 Å². The summed E-state index contributed by atoms with van der Waals surface area (Å²) in [6.07, 6.45) is 1.66. The number of urea groups is 1. The molecule has 2 fully saturated rings. The summed E-state index contributed by atoms with van der Waals surface area (Å²) in [5.74, 6) is -0.796. The van der Waals surface area contributed by atoms with Gasteiger partial charge >= 0.3 is 12.0 Å². The minimum absolute atomic E-state index is 0.00336. The van der Waals surface area contributed by atoms with E-state index in [9.17, 15) is 9.59 Å². The number of amides is 2. The fraction of sp³-hybridized carbons (Fsp3) is 0.600. The van der Waals surface area contributed by atoms with Crippen molar-refractivity contribution in [1.29, 1.82) is 0 Å². The number of anilines is 1. The molecule has 0 aromatic heterocycles. The van der Waals surface area contributed by atoms with Gasteiger partial charge < -0.3 is 20.2 Å². The fourth-order valence-electron chi connectivity index (χ4n) is 3.93. The molecule has 0 spiro atoms. The molecule has 1 aromatic carbocycles. The second-order valence-electron chi connectivity index (χ2n) is 7.54. The molecular weight excluding hydrogens is 344 g/mol. The van der Waals surface area contributed by atoms with Gasteiger partial charge in [0.1, 0.15) is 0 Å². The molecule has 148 valence electrons. The van der Waals surface area contributed by atoms with E-state index in [4.69, 9.17) is 5.11 Å². The Morgan fingerprint density at radius 2 is 1.93 bits per heavy atom.